The first-order valence-electron chi connectivity index (χ1n) is 13.7. The van der Waals surface area contributed by atoms with Gasteiger partial charge in [0.15, 0.2) is 11.5 Å². The van der Waals surface area contributed by atoms with Crippen molar-refractivity contribution in [2.24, 2.45) is 0 Å². The molecule has 1 amide bonds. The van der Waals surface area contributed by atoms with Crippen LogP contribution in [0.3, 0.4) is 0 Å². The van der Waals surface area contributed by atoms with E-state index in [1.165, 1.54) is 26.4 Å². The van der Waals surface area contributed by atoms with E-state index in [1.807, 2.05) is 25.1 Å². The monoisotopic (exact) mass is 575 g/mol. The first kappa shape index (κ1) is 29.2. The summed E-state index contributed by atoms with van der Waals surface area (Å²) in [5.41, 5.74) is 6.00. The molecule has 42 heavy (non-hydrogen) atoms. The molecular weight excluding hydrogens is 541 g/mol. The van der Waals surface area contributed by atoms with E-state index in [9.17, 15) is 14.3 Å². The van der Waals surface area contributed by atoms with Gasteiger partial charge in [0.1, 0.15) is 12.0 Å². The minimum absolute atomic E-state index is 0.187. The molecule has 1 aromatic heterocycles. The summed E-state index contributed by atoms with van der Waals surface area (Å²) < 4.78 is 36.6. The third-order valence-electron chi connectivity index (χ3n) is 7.37. The molecule has 2 N–H and O–H groups in total. The van der Waals surface area contributed by atoms with Crippen molar-refractivity contribution in [1.29, 1.82) is 0 Å². The van der Waals surface area contributed by atoms with Crippen LogP contribution in [0.5, 0.6) is 17.2 Å². The Kier molecular flexibility index (Phi) is 9.16. The Labute approximate surface area is 244 Å². The smallest absolute Gasteiger partial charge is 0.415 e. The zero-order valence-electron chi connectivity index (χ0n) is 23.9. The number of rotatable bonds is 9. The topological polar surface area (TPSA) is 102 Å². The first-order chi connectivity index (χ1) is 20.4. The predicted molar refractivity (Wildman–Crippen MR) is 157 cm³/mol. The van der Waals surface area contributed by atoms with Gasteiger partial charge in [-0.15, -0.1) is 0 Å². The average Bonchev–Trinajstić information content (AvgIpc) is 3.26. The summed E-state index contributed by atoms with van der Waals surface area (Å²) in [5.74, 6) is 0.516. The Morgan fingerprint density at radius 1 is 1.14 bits per heavy atom. The first-order valence-corrected chi connectivity index (χ1v) is 13.7. The van der Waals surface area contributed by atoms with E-state index in [-0.39, 0.29) is 11.6 Å². The second-order valence-electron chi connectivity index (χ2n) is 10.0. The zero-order chi connectivity index (χ0) is 29.6. The second-order valence-corrected chi connectivity index (χ2v) is 10.0. The number of pyridine rings is 1. The number of nitrogens with zero attached hydrogens (tertiary/aromatic N) is 2. The van der Waals surface area contributed by atoms with Crippen LogP contribution in [0.15, 0.2) is 60.4 Å². The summed E-state index contributed by atoms with van der Waals surface area (Å²) in [6.07, 6.45) is 4.44. The molecular formula is C32H34FN3O6. The number of fused-ring (bicyclic) bond motifs is 1. The number of aliphatic hydroxyl groups is 1. The number of aliphatic hydroxyl groups excluding tert-OH is 1. The molecule has 3 aromatic rings. The number of nitrogens with one attached hydrogen (secondary N) is 1. The maximum absolute atomic E-state index is 14.4. The van der Waals surface area contributed by atoms with Gasteiger partial charge in [0, 0.05) is 38.4 Å². The molecule has 1 aliphatic heterocycles. The second kappa shape index (κ2) is 13.2. The van der Waals surface area contributed by atoms with Crippen molar-refractivity contribution < 1.29 is 33.2 Å². The lowest BCUT2D eigenvalue weighted by molar-refractivity contribution is 0.0411. The molecule has 2 heterocycles. The third kappa shape index (κ3) is 6.46. The Morgan fingerprint density at radius 3 is 2.55 bits per heavy atom. The number of ether oxygens (including phenoxy) is 4. The maximum atomic E-state index is 14.4. The lowest BCUT2D eigenvalue weighted by Crippen LogP contribution is -2.42. The van der Waals surface area contributed by atoms with Crippen molar-refractivity contribution >= 4 is 23.3 Å². The van der Waals surface area contributed by atoms with Gasteiger partial charge in [-0.2, -0.15) is 0 Å². The number of hydrogen-bond donors (Lipinski definition) is 2. The van der Waals surface area contributed by atoms with E-state index in [0.717, 1.165) is 39.0 Å². The fraction of sp³-hybridized carbons (Fsp3) is 0.312. The summed E-state index contributed by atoms with van der Waals surface area (Å²) in [4.78, 5) is 18.5. The number of morpholine rings is 1. The van der Waals surface area contributed by atoms with Gasteiger partial charge < -0.3 is 29.0 Å². The number of methoxy groups -OCH3 is 2. The highest BCUT2D eigenvalue weighted by Crippen LogP contribution is 2.44. The van der Waals surface area contributed by atoms with Gasteiger partial charge in [-0.05, 0) is 82.3 Å². The van der Waals surface area contributed by atoms with Crippen molar-refractivity contribution in [3.8, 4) is 17.2 Å². The molecule has 1 saturated heterocycles. The SMILES string of the molecule is COc1cc(/C=C2/C(C)=C(CNC(O)Cc3cccnc3)c3cc(F)ccc32)cc(OC)c1OC(=O)N1CCOCC1. The van der Waals surface area contributed by atoms with Crippen molar-refractivity contribution in [2.45, 2.75) is 19.6 Å². The van der Waals surface area contributed by atoms with Gasteiger partial charge >= 0.3 is 6.09 Å². The molecule has 220 valence electrons. The van der Waals surface area contributed by atoms with Crippen LogP contribution in [0.25, 0.3) is 17.2 Å². The summed E-state index contributed by atoms with van der Waals surface area (Å²) in [6, 6.07) is 12.0. The Morgan fingerprint density at radius 2 is 1.88 bits per heavy atom. The van der Waals surface area contributed by atoms with Crippen LogP contribution in [0.2, 0.25) is 0 Å². The van der Waals surface area contributed by atoms with Crippen LogP contribution in [0, 0.1) is 5.82 Å². The number of halogens is 1. The highest BCUT2D eigenvalue weighted by molar-refractivity contribution is 6.05. The third-order valence-corrected chi connectivity index (χ3v) is 7.37. The van der Waals surface area contributed by atoms with Gasteiger partial charge in [-0.1, -0.05) is 12.1 Å². The fourth-order valence-electron chi connectivity index (χ4n) is 5.16. The number of aromatic nitrogens is 1. The summed E-state index contributed by atoms with van der Waals surface area (Å²) in [7, 11) is 2.99. The molecule has 2 aliphatic rings. The van der Waals surface area contributed by atoms with E-state index in [4.69, 9.17) is 18.9 Å². The van der Waals surface area contributed by atoms with Gasteiger partial charge in [0.2, 0.25) is 5.75 Å². The minimum Gasteiger partial charge on any atom is -0.493 e. The molecule has 1 atom stereocenters. The number of benzene rings is 2. The van der Waals surface area contributed by atoms with Gasteiger partial charge in [-0.3, -0.25) is 10.3 Å². The summed E-state index contributed by atoms with van der Waals surface area (Å²) in [6.45, 7) is 4.10. The van der Waals surface area contributed by atoms with Crippen LogP contribution in [-0.2, 0) is 11.2 Å². The van der Waals surface area contributed by atoms with E-state index in [1.54, 1.807) is 35.5 Å². The number of carbonyl (C=O) groups excluding carboxylic acids is 1. The van der Waals surface area contributed by atoms with Crippen LogP contribution in [0.1, 0.15) is 29.2 Å². The molecule has 1 unspecified atom stereocenters. The Hall–Kier alpha value is -4.25. The van der Waals surface area contributed by atoms with Gasteiger partial charge in [0.25, 0.3) is 0 Å². The molecule has 9 nitrogen and oxygen atoms in total. The highest BCUT2D eigenvalue weighted by Gasteiger charge is 2.26. The van der Waals surface area contributed by atoms with Crippen LogP contribution < -0.4 is 19.5 Å². The largest absolute Gasteiger partial charge is 0.493 e. The minimum atomic E-state index is -0.805. The van der Waals surface area contributed by atoms with Gasteiger partial charge in [0.05, 0.1) is 27.4 Å². The maximum Gasteiger partial charge on any atom is 0.415 e. The van der Waals surface area contributed by atoms with Crippen molar-refractivity contribution in [1.82, 2.24) is 15.2 Å². The Bertz CT molecular complexity index is 1480. The van der Waals surface area contributed by atoms with Crippen molar-refractivity contribution in [3.05, 3.63) is 88.5 Å². The standard InChI is InChI=1S/C32H34FN3O6/c1-20-25(13-22-14-28(39-2)31(29(15-22)40-3)42-32(38)36-9-11-41-12-10-36)24-7-6-23(33)17-26(24)27(20)19-35-30(37)16-21-5-4-8-34-18-21/h4-8,13-15,17-18,30,35,37H,9-12,16,19H2,1-3H3/b25-13-. The quantitative estimate of drug-likeness (QED) is 0.359. The molecule has 0 radical (unpaired) electrons. The van der Waals surface area contributed by atoms with Crippen LogP contribution in [0.4, 0.5) is 9.18 Å². The molecule has 0 bridgehead atoms. The van der Waals surface area contributed by atoms with Gasteiger partial charge in [-0.25, -0.2) is 9.18 Å². The normalized spacial score (nSPS) is 16.4. The predicted octanol–water partition coefficient (Wildman–Crippen LogP) is 4.55. The van der Waals surface area contributed by atoms with E-state index < -0.39 is 12.3 Å². The molecule has 0 saturated carbocycles. The van der Waals surface area contributed by atoms with E-state index in [2.05, 4.69) is 10.3 Å². The molecule has 2 aromatic carbocycles. The zero-order valence-corrected chi connectivity index (χ0v) is 23.9. The van der Waals surface area contributed by atoms with Crippen LogP contribution >= 0.6 is 0 Å². The highest BCUT2D eigenvalue weighted by atomic mass is 19.1. The van der Waals surface area contributed by atoms with Crippen molar-refractivity contribution in [3.63, 3.8) is 0 Å². The average molecular weight is 576 g/mol. The lowest BCUT2D eigenvalue weighted by Gasteiger charge is -2.26. The van der Waals surface area contributed by atoms with E-state index >= 15 is 0 Å². The number of amides is 1. The molecule has 1 aliphatic carbocycles. The van der Waals surface area contributed by atoms with Crippen LogP contribution in [-0.4, -0.2) is 74.4 Å². The molecule has 0 spiro atoms. The number of carbonyl (C=O) groups is 1. The molecule has 5 rings (SSSR count). The summed E-state index contributed by atoms with van der Waals surface area (Å²) in [5, 5.41) is 13.8. The lowest BCUT2D eigenvalue weighted by atomic mass is 10.00. The number of hydrogen-bond acceptors (Lipinski definition) is 8. The molecule has 1 fully saturated rings. The molecule has 10 heteroatoms. The van der Waals surface area contributed by atoms with E-state index in [0.29, 0.717) is 50.8 Å². The van der Waals surface area contributed by atoms with Crippen molar-refractivity contribution in [2.75, 3.05) is 47.1 Å². The Balaban J connectivity index is 1.43. The summed E-state index contributed by atoms with van der Waals surface area (Å²) >= 11 is 0. The fourth-order valence-corrected chi connectivity index (χ4v) is 5.16. The number of allylic oxidation sites excluding steroid dienone is 2.